The molecule has 1 unspecified atom stereocenters. The number of hydrogen-bond acceptors (Lipinski definition) is 3. The molecule has 0 aromatic heterocycles. The largest absolute Gasteiger partial charge is 0.370 e. The predicted molar refractivity (Wildman–Crippen MR) is 96.3 cm³/mol. The molecule has 0 radical (unpaired) electrons. The Morgan fingerprint density at radius 1 is 1.17 bits per heavy atom. The Hall–Kier alpha value is -1.56. The van der Waals surface area contributed by atoms with Gasteiger partial charge in [0.1, 0.15) is 0 Å². The number of hydrogen-bond donors (Lipinski definition) is 2. The highest BCUT2D eigenvalue weighted by molar-refractivity contribution is 7.91. The van der Waals surface area contributed by atoms with Crippen LogP contribution in [0.25, 0.3) is 0 Å². The van der Waals surface area contributed by atoms with Crippen LogP contribution in [0.1, 0.15) is 46.0 Å². The van der Waals surface area contributed by atoms with E-state index in [4.69, 9.17) is 5.73 Å². The molecule has 0 aliphatic carbocycles. The highest BCUT2D eigenvalue weighted by Gasteiger charge is 2.20. The molecule has 23 heavy (non-hydrogen) atoms. The molecule has 0 saturated carbocycles. The Kier molecular flexibility index (Phi) is 8.69. The van der Waals surface area contributed by atoms with Crippen molar-refractivity contribution in [3.63, 3.8) is 0 Å². The first-order valence-corrected chi connectivity index (χ1v) is 9.99. The lowest BCUT2D eigenvalue weighted by molar-refractivity contribution is 0.571. The minimum absolute atomic E-state index is 0.0135. The second-order valence-corrected chi connectivity index (χ2v) is 7.71. The van der Waals surface area contributed by atoms with Gasteiger partial charge in [0.2, 0.25) is 0 Å². The molecule has 6 heteroatoms. The number of aliphatic imine (C=N–C) groups is 1. The number of nitrogens with one attached hydrogen (secondary N) is 1. The third kappa shape index (κ3) is 7.50. The molecule has 0 amide bonds. The van der Waals surface area contributed by atoms with Crippen molar-refractivity contribution in [1.29, 1.82) is 0 Å². The highest BCUT2D eigenvalue weighted by atomic mass is 32.2. The van der Waals surface area contributed by atoms with Crippen LogP contribution < -0.4 is 11.1 Å². The Balaban J connectivity index is 2.55. The van der Waals surface area contributed by atoms with Gasteiger partial charge in [0.05, 0.1) is 10.6 Å². The van der Waals surface area contributed by atoms with Crippen LogP contribution in [-0.4, -0.2) is 32.7 Å². The summed E-state index contributed by atoms with van der Waals surface area (Å²) < 4.78 is 24.8. The molecule has 0 saturated heterocycles. The summed E-state index contributed by atoms with van der Waals surface area (Å²) in [5.74, 6) is 0.344. The van der Waals surface area contributed by atoms with E-state index in [0.29, 0.717) is 23.8 Å². The number of sulfone groups is 1. The average molecular weight is 340 g/mol. The van der Waals surface area contributed by atoms with Crippen LogP contribution in [0.3, 0.4) is 0 Å². The topological polar surface area (TPSA) is 84.5 Å². The quantitative estimate of drug-likeness (QED) is 0.390. The molecule has 0 spiro atoms. The first kappa shape index (κ1) is 19.5. The molecule has 3 N–H and O–H groups in total. The third-order valence-corrected chi connectivity index (χ3v) is 5.49. The Labute approximate surface area is 140 Å². The Morgan fingerprint density at radius 3 is 2.48 bits per heavy atom. The van der Waals surface area contributed by atoms with E-state index in [2.05, 4.69) is 17.2 Å². The lowest BCUT2D eigenvalue weighted by Gasteiger charge is -2.17. The predicted octanol–water partition coefficient (Wildman–Crippen LogP) is 2.72. The summed E-state index contributed by atoms with van der Waals surface area (Å²) in [4.78, 5) is 4.62. The summed E-state index contributed by atoms with van der Waals surface area (Å²) in [6.07, 6.45) is 5.21. The molecule has 0 bridgehead atoms. The van der Waals surface area contributed by atoms with E-state index in [0.717, 1.165) is 12.8 Å². The fraction of sp³-hybridized carbons (Fsp3) is 0.588. The van der Waals surface area contributed by atoms with Crippen molar-refractivity contribution in [3.05, 3.63) is 30.3 Å². The number of unbranched alkanes of at least 4 members (excludes halogenated alkanes) is 3. The van der Waals surface area contributed by atoms with Gasteiger partial charge in [0.25, 0.3) is 0 Å². The van der Waals surface area contributed by atoms with E-state index in [-0.39, 0.29) is 11.8 Å². The summed E-state index contributed by atoms with van der Waals surface area (Å²) in [7, 11) is -3.32. The van der Waals surface area contributed by atoms with Crippen LogP contribution in [0, 0.1) is 0 Å². The van der Waals surface area contributed by atoms with Crippen molar-refractivity contribution in [1.82, 2.24) is 5.32 Å². The van der Waals surface area contributed by atoms with Gasteiger partial charge in [-0.25, -0.2) is 8.42 Å². The second kappa shape index (κ2) is 10.3. The van der Waals surface area contributed by atoms with E-state index in [1.165, 1.54) is 12.8 Å². The van der Waals surface area contributed by atoms with Gasteiger partial charge in [-0.1, -0.05) is 51.3 Å². The lowest BCUT2D eigenvalue weighted by Crippen LogP contribution is -2.43. The molecule has 5 nitrogen and oxygen atoms in total. The van der Waals surface area contributed by atoms with Gasteiger partial charge >= 0.3 is 0 Å². The van der Waals surface area contributed by atoms with Gasteiger partial charge in [0, 0.05) is 12.6 Å². The Morgan fingerprint density at radius 2 is 1.87 bits per heavy atom. The van der Waals surface area contributed by atoms with Gasteiger partial charge in [-0.3, -0.25) is 4.99 Å². The monoisotopic (exact) mass is 339 g/mol. The summed E-state index contributed by atoms with van der Waals surface area (Å²) in [6.45, 7) is 4.78. The third-order valence-electron chi connectivity index (χ3n) is 3.66. The van der Waals surface area contributed by atoms with Crippen molar-refractivity contribution < 1.29 is 8.42 Å². The van der Waals surface area contributed by atoms with Gasteiger partial charge in [0.15, 0.2) is 15.8 Å². The molecule has 1 aromatic rings. The molecule has 130 valence electrons. The number of benzene rings is 1. The van der Waals surface area contributed by atoms with E-state index < -0.39 is 9.84 Å². The van der Waals surface area contributed by atoms with Crippen LogP contribution in [0.5, 0.6) is 0 Å². The molecule has 1 rings (SSSR count). The number of guanidine groups is 1. The number of rotatable bonds is 10. The van der Waals surface area contributed by atoms with Crippen LogP contribution in [0.2, 0.25) is 0 Å². The standard InChI is InChI=1S/C17H29N3O2S/c1-3-5-6-10-13-19-17(18)20-15(4-2)14-23(21,22)16-11-8-7-9-12-16/h7-9,11-12,15H,3-6,10,13-14H2,1-2H3,(H3,18,19,20). The molecule has 0 aliphatic rings. The maximum absolute atomic E-state index is 12.4. The molecule has 0 aliphatic heterocycles. The van der Waals surface area contributed by atoms with Crippen molar-refractivity contribution in [2.24, 2.45) is 10.7 Å². The van der Waals surface area contributed by atoms with Gasteiger partial charge < -0.3 is 11.1 Å². The van der Waals surface area contributed by atoms with E-state index >= 15 is 0 Å². The SMILES string of the molecule is CCCCCCN=C(N)NC(CC)CS(=O)(=O)c1ccccc1. The van der Waals surface area contributed by atoms with E-state index in [1.54, 1.807) is 30.3 Å². The fourth-order valence-electron chi connectivity index (χ4n) is 2.24. The fourth-order valence-corrected chi connectivity index (χ4v) is 3.86. The van der Waals surface area contributed by atoms with Gasteiger partial charge in [-0.2, -0.15) is 0 Å². The zero-order chi connectivity index (χ0) is 17.1. The van der Waals surface area contributed by atoms with Crippen LogP contribution >= 0.6 is 0 Å². The molecule has 0 heterocycles. The zero-order valence-corrected chi connectivity index (χ0v) is 15.0. The second-order valence-electron chi connectivity index (χ2n) is 5.67. The molecule has 0 fully saturated rings. The van der Waals surface area contributed by atoms with Crippen molar-refractivity contribution >= 4 is 15.8 Å². The zero-order valence-electron chi connectivity index (χ0n) is 14.2. The summed E-state index contributed by atoms with van der Waals surface area (Å²) in [5.41, 5.74) is 5.87. The minimum atomic E-state index is -3.32. The summed E-state index contributed by atoms with van der Waals surface area (Å²) >= 11 is 0. The molecular weight excluding hydrogens is 310 g/mol. The highest BCUT2D eigenvalue weighted by Crippen LogP contribution is 2.12. The number of nitrogens with zero attached hydrogens (tertiary/aromatic N) is 1. The number of nitrogens with two attached hydrogens (primary N) is 1. The molecular formula is C17H29N3O2S. The van der Waals surface area contributed by atoms with Crippen LogP contribution in [-0.2, 0) is 9.84 Å². The van der Waals surface area contributed by atoms with Crippen LogP contribution in [0.15, 0.2) is 40.2 Å². The molecule has 1 atom stereocenters. The smallest absolute Gasteiger partial charge is 0.188 e. The average Bonchev–Trinajstić information content (AvgIpc) is 2.54. The van der Waals surface area contributed by atoms with Crippen molar-refractivity contribution in [2.75, 3.05) is 12.3 Å². The van der Waals surface area contributed by atoms with Crippen molar-refractivity contribution in [3.8, 4) is 0 Å². The maximum atomic E-state index is 12.4. The van der Waals surface area contributed by atoms with Crippen LogP contribution in [0.4, 0.5) is 0 Å². The van der Waals surface area contributed by atoms with Crippen molar-refractivity contribution in [2.45, 2.75) is 56.9 Å². The minimum Gasteiger partial charge on any atom is -0.370 e. The van der Waals surface area contributed by atoms with E-state index in [9.17, 15) is 8.42 Å². The first-order chi connectivity index (χ1) is 11.0. The molecule has 1 aromatic carbocycles. The summed E-state index contributed by atoms with van der Waals surface area (Å²) in [5, 5.41) is 3.03. The normalized spacial score (nSPS) is 13.7. The van der Waals surface area contributed by atoms with Gasteiger partial charge in [-0.05, 0) is 25.0 Å². The lowest BCUT2D eigenvalue weighted by atomic mass is 10.2. The van der Waals surface area contributed by atoms with Gasteiger partial charge in [-0.15, -0.1) is 0 Å². The summed E-state index contributed by atoms with van der Waals surface area (Å²) in [6, 6.07) is 8.26. The Bertz CT molecular complexity index is 571. The first-order valence-electron chi connectivity index (χ1n) is 8.33. The maximum Gasteiger partial charge on any atom is 0.188 e. The van der Waals surface area contributed by atoms with E-state index in [1.807, 2.05) is 6.92 Å².